The minimum atomic E-state index is 0.947. The number of rotatable bonds is 8. The summed E-state index contributed by atoms with van der Waals surface area (Å²) in [4.78, 5) is 5.20. The molecule has 0 fully saturated rings. The SMILES string of the molecule is c1ccc(-c2ccc(-c3ccc(-n4c5ccccc5c5cc(-c6ccc7c(c6)c6ccccc6n7-c6ccc(-c7cc(-c8ccccc8)cc(-c8ccccc8)n7)cc6)ccc54)cc3)cc2)cc1. The van der Waals surface area contributed by atoms with Crippen LogP contribution in [0.5, 0.6) is 0 Å². The highest BCUT2D eigenvalue weighted by molar-refractivity contribution is 6.12. The van der Waals surface area contributed by atoms with E-state index in [4.69, 9.17) is 4.98 Å². The van der Waals surface area contributed by atoms with E-state index in [1.807, 2.05) is 6.07 Å². The van der Waals surface area contributed by atoms with Crippen LogP contribution in [0.2, 0.25) is 0 Å². The zero-order valence-electron chi connectivity index (χ0n) is 37.2. The third-order valence-corrected chi connectivity index (χ3v) is 13.6. The average molecular weight is 866 g/mol. The predicted octanol–water partition coefficient (Wildman–Crippen LogP) is 17.3. The minimum absolute atomic E-state index is 0.947. The van der Waals surface area contributed by atoms with Crippen LogP contribution in [-0.2, 0) is 0 Å². The number of hydrogen-bond donors (Lipinski definition) is 0. The molecule has 0 bridgehead atoms. The Morgan fingerprint density at radius 1 is 0.206 bits per heavy atom. The number of benzene rings is 10. The summed E-state index contributed by atoms with van der Waals surface area (Å²) in [5, 5.41) is 4.93. The van der Waals surface area contributed by atoms with Gasteiger partial charge in [-0.1, -0.05) is 188 Å². The molecular weight excluding hydrogens is 823 g/mol. The molecule has 0 N–H and O–H groups in total. The Hall–Kier alpha value is -9.05. The van der Waals surface area contributed by atoms with Gasteiger partial charge in [0.05, 0.1) is 33.5 Å². The van der Waals surface area contributed by atoms with Crippen molar-refractivity contribution >= 4 is 43.6 Å². The van der Waals surface area contributed by atoms with Crippen LogP contribution in [0.4, 0.5) is 0 Å². The summed E-state index contributed by atoms with van der Waals surface area (Å²) < 4.78 is 4.79. The van der Waals surface area contributed by atoms with Gasteiger partial charge in [0.15, 0.2) is 0 Å². The molecule has 0 saturated heterocycles. The number of para-hydroxylation sites is 2. The third kappa shape index (κ3) is 6.88. The first-order valence-electron chi connectivity index (χ1n) is 23.3. The van der Waals surface area contributed by atoms with Gasteiger partial charge >= 0.3 is 0 Å². The Kier molecular flexibility index (Phi) is 9.50. The van der Waals surface area contributed by atoms with Crippen LogP contribution >= 0.6 is 0 Å². The van der Waals surface area contributed by atoms with Crippen LogP contribution in [0.15, 0.2) is 261 Å². The largest absolute Gasteiger partial charge is 0.309 e. The molecule has 13 rings (SSSR count). The highest BCUT2D eigenvalue weighted by atomic mass is 15.0. The molecule has 0 radical (unpaired) electrons. The van der Waals surface area contributed by atoms with Crippen molar-refractivity contribution in [3.8, 4) is 78.4 Å². The van der Waals surface area contributed by atoms with Crippen LogP contribution in [0.1, 0.15) is 0 Å². The second-order valence-corrected chi connectivity index (χ2v) is 17.6. The number of hydrogen-bond acceptors (Lipinski definition) is 1. The van der Waals surface area contributed by atoms with Crippen molar-refractivity contribution in [2.75, 3.05) is 0 Å². The summed E-state index contributed by atoms with van der Waals surface area (Å²) in [6.07, 6.45) is 0. The molecule has 10 aromatic carbocycles. The highest BCUT2D eigenvalue weighted by Gasteiger charge is 2.17. The zero-order chi connectivity index (χ0) is 45.0. The van der Waals surface area contributed by atoms with E-state index in [9.17, 15) is 0 Å². The van der Waals surface area contributed by atoms with E-state index < -0.39 is 0 Å². The number of fused-ring (bicyclic) bond motifs is 6. The van der Waals surface area contributed by atoms with Gasteiger partial charge in [-0.2, -0.15) is 0 Å². The molecule has 0 spiro atoms. The van der Waals surface area contributed by atoms with Crippen molar-refractivity contribution in [3.05, 3.63) is 261 Å². The lowest BCUT2D eigenvalue weighted by molar-refractivity contribution is 1.18. The topological polar surface area (TPSA) is 22.8 Å². The van der Waals surface area contributed by atoms with Gasteiger partial charge in [0, 0.05) is 44.0 Å². The Labute approximate surface area is 395 Å². The predicted molar refractivity (Wildman–Crippen MR) is 286 cm³/mol. The van der Waals surface area contributed by atoms with Crippen molar-refractivity contribution in [1.82, 2.24) is 14.1 Å². The summed E-state index contributed by atoms with van der Waals surface area (Å²) in [7, 11) is 0. The number of pyridine rings is 1. The van der Waals surface area contributed by atoms with E-state index in [0.717, 1.165) is 39.5 Å². The Bertz CT molecular complexity index is 3900. The van der Waals surface area contributed by atoms with Gasteiger partial charge in [-0.05, 0) is 117 Å². The maximum absolute atomic E-state index is 5.20. The molecule has 0 amide bonds. The molecule has 13 aromatic rings. The van der Waals surface area contributed by atoms with E-state index in [0.29, 0.717) is 0 Å². The molecule has 0 aliphatic heterocycles. The van der Waals surface area contributed by atoms with E-state index in [-0.39, 0.29) is 0 Å². The van der Waals surface area contributed by atoms with Gasteiger partial charge < -0.3 is 9.13 Å². The molecular formula is C65H43N3. The number of aromatic nitrogens is 3. The van der Waals surface area contributed by atoms with E-state index in [2.05, 4.69) is 264 Å². The lowest BCUT2D eigenvalue weighted by Crippen LogP contribution is -1.95. The molecule has 3 heteroatoms. The van der Waals surface area contributed by atoms with Crippen LogP contribution < -0.4 is 0 Å². The molecule has 68 heavy (non-hydrogen) atoms. The Morgan fingerprint density at radius 2 is 0.515 bits per heavy atom. The second kappa shape index (κ2) is 16.4. The van der Waals surface area contributed by atoms with E-state index >= 15 is 0 Å². The van der Waals surface area contributed by atoms with Gasteiger partial charge in [0.2, 0.25) is 0 Å². The summed E-state index contributed by atoms with van der Waals surface area (Å²) in [5.74, 6) is 0. The van der Waals surface area contributed by atoms with Crippen molar-refractivity contribution in [3.63, 3.8) is 0 Å². The molecule has 0 aliphatic rings. The standard InChI is InChI=1S/C65H43N3/c1-4-14-44(15-5-1)46-24-26-47(27-25-46)48-28-34-54(35-29-48)67-62-22-12-10-20-56(62)58-40-51(32-38-64(58)67)52-33-39-65-59(41-52)57-21-11-13-23-63(57)68(65)55-36-30-50(31-37-55)61-43-53(45-16-6-2-7-17-45)42-60(66-61)49-18-8-3-9-19-49/h1-43H. The fourth-order valence-corrected chi connectivity index (χ4v) is 10.2. The van der Waals surface area contributed by atoms with Crippen molar-refractivity contribution in [2.45, 2.75) is 0 Å². The third-order valence-electron chi connectivity index (χ3n) is 13.6. The maximum Gasteiger partial charge on any atom is 0.0715 e. The smallest absolute Gasteiger partial charge is 0.0715 e. The zero-order valence-corrected chi connectivity index (χ0v) is 37.2. The van der Waals surface area contributed by atoms with Crippen molar-refractivity contribution < 1.29 is 0 Å². The monoisotopic (exact) mass is 865 g/mol. The molecule has 0 saturated carbocycles. The van der Waals surface area contributed by atoms with E-state index in [1.54, 1.807) is 0 Å². The minimum Gasteiger partial charge on any atom is -0.309 e. The average Bonchev–Trinajstić information content (AvgIpc) is 3.94. The summed E-state index contributed by atoms with van der Waals surface area (Å²) in [6.45, 7) is 0. The second-order valence-electron chi connectivity index (χ2n) is 17.6. The van der Waals surface area contributed by atoms with Crippen LogP contribution in [0.3, 0.4) is 0 Å². The van der Waals surface area contributed by atoms with Crippen LogP contribution in [0, 0.1) is 0 Å². The molecule has 0 aliphatic carbocycles. The molecule has 3 nitrogen and oxygen atoms in total. The normalized spacial score (nSPS) is 11.5. The van der Waals surface area contributed by atoms with Crippen molar-refractivity contribution in [1.29, 1.82) is 0 Å². The summed E-state index contributed by atoms with van der Waals surface area (Å²) >= 11 is 0. The van der Waals surface area contributed by atoms with Gasteiger partial charge in [0.25, 0.3) is 0 Å². The van der Waals surface area contributed by atoms with Gasteiger partial charge in [0.1, 0.15) is 0 Å². The fourth-order valence-electron chi connectivity index (χ4n) is 10.2. The highest BCUT2D eigenvalue weighted by Crippen LogP contribution is 2.39. The first kappa shape index (κ1) is 39.3. The maximum atomic E-state index is 5.20. The molecule has 318 valence electrons. The van der Waals surface area contributed by atoms with Crippen molar-refractivity contribution in [2.24, 2.45) is 0 Å². The molecule has 0 unspecified atom stereocenters. The summed E-state index contributed by atoms with van der Waals surface area (Å²) in [5.41, 5.74) is 20.6. The Morgan fingerprint density at radius 3 is 0.971 bits per heavy atom. The Balaban J connectivity index is 0.847. The molecule has 0 atom stereocenters. The van der Waals surface area contributed by atoms with Gasteiger partial charge in [-0.3, -0.25) is 0 Å². The molecule has 3 heterocycles. The molecule has 3 aromatic heterocycles. The first-order chi connectivity index (χ1) is 33.7. The number of nitrogens with zero attached hydrogens (tertiary/aromatic N) is 3. The quantitative estimate of drug-likeness (QED) is 0.149. The van der Waals surface area contributed by atoms with Crippen LogP contribution in [0.25, 0.3) is 122 Å². The van der Waals surface area contributed by atoms with Gasteiger partial charge in [-0.25, -0.2) is 4.98 Å². The van der Waals surface area contributed by atoms with Crippen LogP contribution in [-0.4, -0.2) is 14.1 Å². The lowest BCUT2D eigenvalue weighted by atomic mass is 10.00. The first-order valence-corrected chi connectivity index (χ1v) is 23.3. The van der Waals surface area contributed by atoms with Gasteiger partial charge in [-0.15, -0.1) is 0 Å². The fraction of sp³-hybridized carbons (Fsp3) is 0. The lowest BCUT2D eigenvalue weighted by Gasteiger charge is -2.12. The van der Waals surface area contributed by atoms with E-state index in [1.165, 1.54) is 82.6 Å². The summed E-state index contributed by atoms with van der Waals surface area (Å²) in [6, 6.07) is 94.1.